The molecule has 1 saturated heterocycles. The maximum atomic E-state index is 5.93. The van der Waals surface area contributed by atoms with Gasteiger partial charge in [-0.15, -0.1) is 0 Å². The summed E-state index contributed by atoms with van der Waals surface area (Å²) in [6.45, 7) is 4.55. The summed E-state index contributed by atoms with van der Waals surface area (Å²) in [7, 11) is -0.517. The van der Waals surface area contributed by atoms with Gasteiger partial charge in [-0.05, 0) is 19.9 Å². The molecular formula is C18H17BN2O2. The number of para-hydroxylation sites is 1. The molecular weight excluding hydrogens is 287 g/mol. The molecule has 4 rings (SSSR count). The van der Waals surface area contributed by atoms with Crippen molar-refractivity contribution in [3.8, 4) is 11.3 Å². The van der Waals surface area contributed by atoms with Crippen LogP contribution in [-0.2, 0) is 9.31 Å². The van der Waals surface area contributed by atoms with Gasteiger partial charge >= 0.3 is 7.12 Å². The fourth-order valence-corrected chi connectivity index (χ4v) is 2.78. The lowest BCUT2D eigenvalue weighted by molar-refractivity contribution is 0.137. The van der Waals surface area contributed by atoms with Gasteiger partial charge in [0.1, 0.15) is 0 Å². The van der Waals surface area contributed by atoms with Crippen molar-refractivity contribution in [1.29, 1.82) is 0 Å². The van der Waals surface area contributed by atoms with Gasteiger partial charge in [0.15, 0.2) is 5.72 Å². The lowest BCUT2D eigenvalue weighted by atomic mass is 9.88. The molecule has 0 unspecified atom stereocenters. The van der Waals surface area contributed by atoms with E-state index in [1.165, 1.54) is 0 Å². The minimum atomic E-state index is -0.517. The first-order valence-electron chi connectivity index (χ1n) is 7.74. The summed E-state index contributed by atoms with van der Waals surface area (Å²) in [6.07, 6.45) is 0. The summed E-state index contributed by atoms with van der Waals surface area (Å²) in [5.41, 5.74) is 3.13. The van der Waals surface area contributed by atoms with E-state index < -0.39 is 7.12 Å². The van der Waals surface area contributed by atoms with E-state index in [0.29, 0.717) is 12.3 Å². The Hall–Kier alpha value is -2.24. The number of nitrogens with zero attached hydrogens (tertiary/aromatic N) is 2. The molecule has 3 aromatic rings. The standard InChI is InChI=1S/C18H17BN2O2/c1-18(2)12-22-19(23-18)17-20-15-11-7-6-10-14(15)16(21-17)13-8-4-3-5-9-13/h3-11H,12H2,1-2H3. The van der Waals surface area contributed by atoms with Gasteiger partial charge in [0, 0.05) is 10.9 Å². The number of fused-ring (bicyclic) bond motifs is 1. The Kier molecular flexibility index (Phi) is 3.40. The third-order valence-electron chi connectivity index (χ3n) is 3.89. The van der Waals surface area contributed by atoms with E-state index in [9.17, 15) is 0 Å². The lowest BCUT2D eigenvalue weighted by Crippen LogP contribution is -2.39. The highest BCUT2D eigenvalue weighted by molar-refractivity contribution is 6.60. The van der Waals surface area contributed by atoms with Crippen LogP contribution in [0.3, 0.4) is 0 Å². The van der Waals surface area contributed by atoms with E-state index in [4.69, 9.17) is 14.3 Å². The second-order valence-electron chi connectivity index (χ2n) is 6.33. The summed E-state index contributed by atoms with van der Waals surface area (Å²) in [5, 5.41) is 1.03. The van der Waals surface area contributed by atoms with E-state index in [1.54, 1.807) is 0 Å². The second kappa shape index (κ2) is 5.44. The Morgan fingerprint density at radius 1 is 0.957 bits per heavy atom. The van der Waals surface area contributed by atoms with Crippen molar-refractivity contribution in [3.05, 3.63) is 54.6 Å². The van der Waals surface area contributed by atoms with Gasteiger partial charge < -0.3 is 9.31 Å². The minimum absolute atomic E-state index is 0.313. The number of aromatic nitrogens is 2. The first-order valence-corrected chi connectivity index (χ1v) is 7.74. The quantitative estimate of drug-likeness (QED) is 0.683. The van der Waals surface area contributed by atoms with Crippen LogP contribution in [0.2, 0.25) is 0 Å². The van der Waals surface area contributed by atoms with Crippen molar-refractivity contribution in [2.75, 3.05) is 6.61 Å². The molecule has 0 aliphatic carbocycles. The molecule has 2 heterocycles. The van der Waals surface area contributed by atoms with Crippen LogP contribution in [0.1, 0.15) is 13.8 Å². The first kappa shape index (κ1) is 14.4. The van der Waals surface area contributed by atoms with Crippen LogP contribution in [0.15, 0.2) is 54.6 Å². The Labute approximate surface area is 135 Å². The molecule has 1 aliphatic heterocycles. The van der Waals surface area contributed by atoms with E-state index in [2.05, 4.69) is 17.1 Å². The Morgan fingerprint density at radius 2 is 1.70 bits per heavy atom. The molecule has 4 nitrogen and oxygen atoms in total. The lowest BCUT2D eigenvalue weighted by Gasteiger charge is -2.15. The minimum Gasteiger partial charge on any atom is -0.402 e. The summed E-state index contributed by atoms with van der Waals surface area (Å²) in [4.78, 5) is 9.41. The average molecular weight is 304 g/mol. The summed E-state index contributed by atoms with van der Waals surface area (Å²) >= 11 is 0. The van der Waals surface area contributed by atoms with Gasteiger partial charge in [0.2, 0.25) is 0 Å². The molecule has 0 spiro atoms. The van der Waals surface area contributed by atoms with E-state index >= 15 is 0 Å². The molecule has 5 heteroatoms. The molecule has 1 fully saturated rings. The van der Waals surface area contributed by atoms with Gasteiger partial charge in [0.25, 0.3) is 0 Å². The van der Waals surface area contributed by atoms with Crippen molar-refractivity contribution >= 4 is 23.7 Å². The zero-order valence-corrected chi connectivity index (χ0v) is 13.2. The molecule has 0 radical (unpaired) electrons. The van der Waals surface area contributed by atoms with Gasteiger partial charge in [-0.3, -0.25) is 0 Å². The first-order chi connectivity index (χ1) is 11.1. The van der Waals surface area contributed by atoms with Gasteiger partial charge in [0.05, 0.1) is 23.4 Å². The van der Waals surface area contributed by atoms with Gasteiger partial charge in [-0.2, -0.15) is 0 Å². The zero-order valence-electron chi connectivity index (χ0n) is 13.2. The normalized spacial score (nSPS) is 16.9. The summed E-state index contributed by atoms with van der Waals surface area (Å²) in [5.74, 6) is 0. The molecule has 114 valence electrons. The second-order valence-corrected chi connectivity index (χ2v) is 6.33. The number of hydrogen-bond acceptors (Lipinski definition) is 4. The largest absolute Gasteiger partial charge is 0.534 e. The summed E-state index contributed by atoms with van der Waals surface area (Å²) in [6, 6.07) is 18.2. The fourth-order valence-electron chi connectivity index (χ4n) is 2.78. The molecule has 2 aromatic carbocycles. The van der Waals surface area contributed by atoms with Crippen LogP contribution in [0.25, 0.3) is 22.2 Å². The highest BCUT2D eigenvalue weighted by atomic mass is 16.7. The monoisotopic (exact) mass is 304 g/mol. The Morgan fingerprint density at radius 3 is 2.43 bits per heavy atom. The van der Waals surface area contributed by atoms with Crippen molar-refractivity contribution in [1.82, 2.24) is 9.97 Å². The van der Waals surface area contributed by atoms with E-state index in [0.717, 1.165) is 22.2 Å². The molecule has 0 N–H and O–H groups in total. The van der Waals surface area contributed by atoms with E-state index in [1.807, 2.05) is 56.3 Å². The van der Waals surface area contributed by atoms with Crippen LogP contribution < -0.4 is 5.72 Å². The molecule has 0 bridgehead atoms. The molecule has 0 amide bonds. The molecule has 0 atom stereocenters. The molecule has 1 aliphatic rings. The molecule has 23 heavy (non-hydrogen) atoms. The predicted octanol–water partition coefficient (Wildman–Crippen LogP) is 2.82. The van der Waals surface area contributed by atoms with E-state index in [-0.39, 0.29) is 5.60 Å². The van der Waals surface area contributed by atoms with Crippen LogP contribution >= 0.6 is 0 Å². The smallest absolute Gasteiger partial charge is 0.402 e. The topological polar surface area (TPSA) is 44.2 Å². The highest BCUT2D eigenvalue weighted by Crippen LogP contribution is 2.25. The van der Waals surface area contributed by atoms with Crippen LogP contribution in [-0.4, -0.2) is 29.3 Å². The Bertz CT molecular complexity index is 852. The van der Waals surface area contributed by atoms with Crippen molar-refractivity contribution < 1.29 is 9.31 Å². The summed E-state index contributed by atoms with van der Waals surface area (Å²) < 4.78 is 11.7. The van der Waals surface area contributed by atoms with Crippen molar-refractivity contribution in [2.24, 2.45) is 0 Å². The average Bonchev–Trinajstić information content (AvgIpc) is 2.95. The predicted molar refractivity (Wildman–Crippen MR) is 91.5 cm³/mol. The van der Waals surface area contributed by atoms with Crippen LogP contribution in [0.5, 0.6) is 0 Å². The third-order valence-corrected chi connectivity index (χ3v) is 3.89. The number of benzene rings is 2. The maximum Gasteiger partial charge on any atom is 0.534 e. The van der Waals surface area contributed by atoms with Crippen LogP contribution in [0, 0.1) is 0 Å². The highest BCUT2D eigenvalue weighted by Gasteiger charge is 2.40. The molecule has 1 aromatic heterocycles. The third kappa shape index (κ3) is 2.73. The van der Waals surface area contributed by atoms with Crippen molar-refractivity contribution in [2.45, 2.75) is 19.4 Å². The van der Waals surface area contributed by atoms with Crippen LogP contribution in [0.4, 0.5) is 0 Å². The number of hydrogen-bond donors (Lipinski definition) is 0. The van der Waals surface area contributed by atoms with Gasteiger partial charge in [-0.25, -0.2) is 9.97 Å². The molecule has 0 saturated carbocycles. The SMILES string of the molecule is CC1(C)COB(c2nc(-c3ccccc3)c3ccccc3n2)O1. The Balaban J connectivity index is 1.88. The zero-order chi connectivity index (χ0) is 15.9. The van der Waals surface area contributed by atoms with Crippen molar-refractivity contribution in [3.63, 3.8) is 0 Å². The fraction of sp³-hybridized carbons (Fsp3) is 0.222. The maximum absolute atomic E-state index is 5.93. The number of rotatable bonds is 2. The van der Waals surface area contributed by atoms with Gasteiger partial charge in [-0.1, -0.05) is 48.5 Å².